The van der Waals surface area contributed by atoms with Crippen LogP contribution in [0.3, 0.4) is 0 Å². The van der Waals surface area contributed by atoms with Gasteiger partial charge < -0.3 is 5.32 Å². The van der Waals surface area contributed by atoms with Crippen LogP contribution in [-0.4, -0.2) is 12.0 Å². The summed E-state index contributed by atoms with van der Waals surface area (Å²) in [5.74, 6) is 0. The van der Waals surface area contributed by atoms with Gasteiger partial charge in [0.1, 0.15) is 0 Å². The van der Waals surface area contributed by atoms with Crippen LogP contribution in [0.1, 0.15) is 22.7 Å². The molecule has 0 aliphatic carbocycles. The van der Waals surface area contributed by atoms with Crippen molar-refractivity contribution in [3.8, 4) is 0 Å². The standard InChI is InChI=1S/C19H20N2/c1-14-6-3-4-7-15(14)12-19(20-2)18-9-5-8-16-13-21-11-10-17(16)18/h3-11,13,19-20H,12H2,1-2H3. The van der Waals surface area contributed by atoms with Gasteiger partial charge in [-0.3, -0.25) is 4.98 Å². The molecule has 0 aliphatic heterocycles. The van der Waals surface area contributed by atoms with Crippen LogP contribution in [0, 0.1) is 6.92 Å². The third-order valence-corrected chi connectivity index (χ3v) is 4.12. The molecule has 2 nitrogen and oxygen atoms in total. The molecule has 0 spiro atoms. The first-order valence-corrected chi connectivity index (χ1v) is 7.34. The quantitative estimate of drug-likeness (QED) is 0.777. The summed E-state index contributed by atoms with van der Waals surface area (Å²) in [6.45, 7) is 2.18. The molecular weight excluding hydrogens is 256 g/mol. The van der Waals surface area contributed by atoms with Crippen LogP contribution in [0.4, 0.5) is 0 Å². The number of fused-ring (bicyclic) bond motifs is 1. The summed E-state index contributed by atoms with van der Waals surface area (Å²) in [6, 6.07) is 17.4. The Balaban J connectivity index is 2.01. The number of nitrogens with one attached hydrogen (secondary N) is 1. The van der Waals surface area contributed by atoms with Crippen molar-refractivity contribution in [1.82, 2.24) is 10.3 Å². The molecule has 1 N–H and O–H groups in total. The molecular formula is C19H20N2. The van der Waals surface area contributed by atoms with Crippen molar-refractivity contribution in [2.45, 2.75) is 19.4 Å². The molecule has 1 aromatic heterocycles. The van der Waals surface area contributed by atoms with Gasteiger partial charge in [-0.05, 0) is 48.5 Å². The van der Waals surface area contributed by atoms with Crippen molar-refractivity contribution in [2.75, 3.05) is 7.05 Å². The van der Waals surface area contributed by atoms with Crippen LogP contribution in [0.25, 0.3) is 10.8 Å². The third kappa shape index (κ3) is 2.81. The Morgan fingerprint density at radius 1 is 1.05 bits per heavy atom. The number of hydrogen-bond acceptors (Lipinski definition) is 2. The minimum atomic E-state index is 0.303. The molecule has 106 valence electrons. The average Bonchev–Trinajstić information content (AvgIpc) is 2.54. The van der Waals surface area contributed by atoms with Crippen LogP contribution in [0.5, 0.6) is 0 Å². The topological polar surface area (TPSA) is 24.9 Å². The van der Waals surface area contributed by atoms with Crippen molar-refractivity contribution in [3.63, 3.8) is 0 Å². The average molecular weight is 276 g/mol. The minimum Gasteiger partial charge on any atom is -0.313 e. The van der Waals surface area contributed by atoms with E-state index in [-0.39, 0.29) is 0 Å². The van der Waals surface area contributed by atoms with E-state index in [1.54, 1.807) is 0 Å². The predicted octanol–water partition coefficient (Wildman–Crippen LogP) is 4.05. The van der Waals surface area contributed by atoms with Gasteiger partial charge in [-0.1, -0.05) is 42.5 Å². The van der Waals surface area contributed by atoms with Crippen molar-refractivity contribution in [1.29, 1.82) is 0 Å². The largest absolute Gasteiger partial charge is 0.313 e. The number of likely N-dealkylation sites (N-methyl/N-ethyl adjacent to an activating group) is 1. The van der Waals surface area contributed by atoms with Crippen LogP contribution in [0.15, 0.2) is 60.9 Å². The van der Waals surface area contributed by atoms with Gasteiger partial charge in [0.05, 0.1) is 0 Å². The Morgan fingerprint density at radius 3 is 2.71 bits per heavy atom. The fourth-order valence-corrected chi connectivity index (χ4v) is 2.88. The van der Waals surface area contributed by atoms with Crippen LogP contribution >= 0.6 is 0 Å². The fourth-order valence-electron chi connectivity index (χ4n) is 2.88. The summed E-state index contributed by atoms with van der Waals surface area (Å²) in [5, 5.41) is 5.94. The smallest absolute Gasteiger partial charge is 0.0364 e. The van der Waals surface area contributed by atoms with E-state index < -0.39 is 0 Å². The second-order valence-corrected chi connectivity index (χ2v) is 5.42. The summed E-state index contributed by atoms with van der Waals surface area (Å²) in [5.41, 5.74) is 4.07. The number of pyridine rings is 1. The highest BCUT2D eigenvalue weighted by atomic mass is 14.9. The highest BCUT2D eigenvalue weighted by Gasteiger charge is 2.14. The summed E-state index contributed by atoms with van der Waals surface area (Å²) in [6.07, 6.45) is 4.79. The number of nitrogens with zero attached hydrogens (tertiary/aromatic N) is 1. The minimum absolute atomic E-state index is 0.303. The maximum absolute atomic E-state index is 4.22. The SMILES string of the molecule is CNC(Cc1ccccc1C)c1cccc2cnccc12. The third-order valence-electron chi connectivity index (χ3n) is 4.12. The Kier molecular flexibility index (Phi) is 3.98. The lowest BCUT2D eigenvalue weighted by molar-refractivity contribution is 0.595. The number of hydrogen-bond donors (Lipinski definition) is 1. The highest BCUT2D eigenvalue weighted by molar-refractivity contribution is 5.85. The number of aromatic nitrogens is 1. The van der Waals surface area contributed by atoms with Gasteiger partial charge in [0.25, 0.3) is 0 Å². The van der Waals surface area contributed by atoms with Crippen molar-refractivity contribution in [3.05, 3.63) is 77.6 Å². The van der Waals surface area contributed by atoms with Gasteiger partial charge in [0, 0.05) is 23.8 Å². The molecule has 21 heavy (non-hydrogen) atoms. The van der Waals surface area contributed by atoms with Gasteiger partial charge >= 0.3 is 0 Å². The lowest BCUT2D eigenvalue weighted by Crippen LogP contribution is -2.19. The lowest BCUT2D eigenvalue weighted by Gasteiger charge is -2.20. The Labute approximate surface area is 125 Å². The normalized spacial score (nSPS) is 12.5. The summed E-state index contributed by atoms with van der Waals surface area (Å²) < 4.78 is 0. The predicted molar refractivity (Wildman–Crippen MR) is 88.4 cm³/mol. The van der Waals surface area contributed by atoms with E-state index in [4.69, 9.17) is 0 Å². The second kappa shape index (κ2) is 6.06. The molecule has 2 heteroatoms. The van der Waals surface area contributed by atoms with Gasteiger partial charge in [0.15, 0.2) is 0 Å². The van der Waals surface area contributed by atoms with E-state index in [1.165, 1.54) is 27.5 Å². The first-order valence-electron chi connectivity index (χ1n) is 7.34. The molecule has 0 radical (unpaired) electrons. The molecule has 0 bridgehead atoms. The molecule has 1 heterocycles. The zero-order chi connectivity index (χ0) is 14.7. The molecule has 0 aliphatic rings. The molecule has 1 unspecified atom stereocenters. The monoisotopic (exact) mass is 276 g/mol. The highest BCUT2D eigenvalue weighted by Crippen LogP contribution is 2.26. The molecule has 3 aromatic rings. The summed E-state index contributed by atoms with van der Waals surface area (Å²) in [7, 11) is 2.03. The molecule has 3 rings (SSSR count). The van der Waals surface area contributed by atoms with Crippen LogP contribution in [-0.2, 0) is 6.42 Å². The van der Waals surface area contributed by atoms with E-state index in [2.05, 4.69) is 65.8 Å². The molecule has 0 fully saturated rings. The fraction of sp³-hybridized carbons (Fsp3) is 0.211. The zero-order valence-corrected chi connectivity index (χ0v) is 12.5. The van der Waals surface area contributed by atoms with Crippen molar-refractivity contribution >= 4 is 10.8 Å². The summed E-state index contributed by atoms with van der Waals surface area (Å²) >= 11 is 0. The van der Waals surface area contributed by atoms with E-state index in [0.29, 0.717) is 6.04 Å². The van der Waals surface area contributed by atoms with E-state index >= 15 is 0 Å². The maximum Gasteiger partial charge on any atom is 0.0364 e. The van der Waals surface area contributed by atoms with E-state index in [0.717, 1.165) is 6.42 Å². The van der Waals surface area contributed by atoms with Gasteiger partial charge in [-0.25, -0.2) is 0 Å². The van der Waals surface area contributed by atoms with Crippen molar-refractivity contribution in [2.24, 2.45) is 0 Å². The second-order valence-electron chi connectivity index (χ2n) is 5.42. The number of benzene rings is 2. The first-order chi connectivity index (χ1) is 10.3. The zero-order valence-electron chi connectivity index (χ0n) is 12.5. The maximum atomic E-state index is 4.22. The molecule has 0 amide bonds. The Bertz CT molecular complexity index is 744. The van der Waals surface area contributed by atoms with Gasteiger partial charge in [0.2, 0.25) is 0 Å². The molecule has 2 aromatic carbocycles. The molecule has 0 saturated heterocycles. The Hall–Kier alpha value is -2.19. The van der Waals surface area contributed by atoms with E-state index in [1.807, 2.05) is 19.4 Å². The number of rotatable bonds is 4. The molecule has 0 saturated carbocycles. The summed E-state index contributed by atoms with van der Waals surface area (Å²) in [4.78, 5) is 4.22. The van der Waals surface area contributed by atoms with Gasteiger partial charge in [-0.2, -0.15) is 0 Å². The lowest BCUT2D eigenvalue weighted by atomic mass is 9.93. The van der Waals surface area contributed by atoms with Crippen LogP contribution in [0.2, 0.25) is 0 Å². The van der Waals surface area contributed by atoms with Gasteiger partial charge in [-0.15, -0.1) is 0 Å². The molecule has 1 atom stereocenters. The Morgan fingerprint density at radius 2 is 1.90 bits per heavy atom. The van der Waals surface area contributed by atoms with Crippen LogP contribution < -0.4 is 5.32 Å². The first kappa shape index (κ1) is 13.8. The van der Waals surface area contributed by atoms with E-state index in [9.17, 15) is 0 Å². The number of aryl methyl sites for hydroxylation is 1. The van der Waals surface area contributed by atoms with Crippen molar-refractivity contribution < 1.29 is 0 Å².